The number of rotatable bonds is 7. The van der Waals surface area contributed by atoms with E-state index in [0.717, 1.165) is 25.7 Å². The lowest BCUT2D eigenvalue weighted by atomic mass is 9.75. The third-order valence-electron chi connectivity index (χ3n) is 6.87. The summed E-state index contributed by atoms with van der Waals surface area (Å²) >= 11 is 0. The molecule has 7 nitrogen and oxygen atoms in total. The number of carbonyl (C=O) groups excluding carboxylic acids is 2. The molecular weight excluding hydrogens is 406 g/mol. The van der Waals surface area contributed by atoms with Crippen molar-refractivity contribution in [1.82, 2.24) is 14.8 Å². The van der Waals surface area contributed by atoms with Gasteiger partial charge in [0.1, 0.15) is 16.9 Å². The van der Waals surface area contributed by atoms with Crippen molar-refractivity contribution in [2.45, 2.75) is 58.4 Å². The van der Waals surface area contributed by atoms with Crippen molar-refractivity contribution < 1.29 is 14.0 Å². The van der Waals surface area contributed by atoms with Crippen molar-refractivity contribution in [3.63, 3.8) is 0 Å². The molecule has 0 spiro atoms. The number of aromatic nitrogens is 1. The summed E-state index contributed by atoms with van der Waals surface area (Å²) < 4.78 is 7.13. The molecule has 172 valence electrons. The van der Waals surface area contributed by atoms with Crippen LogP contribution in [-0.2, 0) is 6.54 Å². The van der Waals surface area contributed by atoms with E-state index < -0.39 is 11.3 Å². The van der Waals surface area contributed by atoms with Crippen LogP contribution in [0.3, 0.4) is 0 Å². The van der Waals surface area contributed by atoms with Crippen LogP contribution in [0, 0.1) is 11.8 Å². The third kappa shape index (κ3) is 4.97. The predicted octanol–water partition coefficient (Wildman–Crippen LogP) is 3.67. The van der Waals surface area contributed by atoms with Gasteiger partial charge in [-0.05, 0) is 43.2 Å². The van der Waals surface area contributed by atoms with E-state index >= 15 is 0 Å². The van der Waals surface area contributed by atoms with Crippen LogP contribution in [0.5, 0.6) is 0 Å². The highest BCUT2D eigenvalue weighted by atomic mass is 16.3. The molecule has 2 fully saturated rings. The first kappa shape index (κ1) is 22.4. The Bertz CT molecular complexity index is 995. The van der Waals surface area contributed by atoms with Gasteiger partial charge in [0.2, 0.25) is 5.43 Å². The average molecular weight is 440 g/mol. The van der Waals surface area contributed by atoms with Crippen LogP contribution in [0.25, 0.3) is 0 Å². The second kappa shape index (κ2) is 10.2. The third-order valence-corrected chi connectivity index (χ3v) is 6.87. The zero-order valence-electron chi connectivity index (χ0n) is 18.8. The summed E-state index contributed by atoms with van der Waals surface area (Å²) in [4.78, 5) is 41.2. The highest BCUT2D eigenvalue weighted by Gasteiger charge is 2.34. The van der Waals surface area contributed by atoms with E-state index in [1.54, 1.807) is 23.1 Å². The number of nitrogens with zero attached hydrogens (tertiary/aromatic N) is 2. The van der Waals surface area contributed by atoms with Crippen LogP contribution in [0.1, 0.15) is 78.3 Å². The number of amides is 2. The van der Waals surface area contributed by atoms with Crippen molar-refractivity contribution in [1.29, 1.82) is 0 Å². The first-order chi connectivity index (χ1) is 15.6. The number of fused-ring (bicyclic) bond motifs is 1. The Morgan fingerprint density at radius 1 is 1.12 bits per heavy atom. The van der Waals surface area contributed by atoms with Crippen LogP contribution in [0.15, 0.2) is 40.0 Å². The van der Waals surface area contributed by atoms with E-state index in [-0.39, 0.29) is 17.0 Å². The Morgan fingerprint density at radius 3 is 2.66 bits per heavy atom. The van der Waals surface area contributed by atoms with E-state index in [4.69, 9.17) is 4.42 Å². The van der Waals surface area contributed by atoms with Gasteiger partial charge in [0.05, 0.1) is 12.8 Å². The highest BCUT2D eigenvalue weighted by Crippen LogP contribution is 2.36. The van der Waals surface area contributed by atoms with Gasteiger partial charge in [-0.3, -0.25) is 14.4 Å². The number of unbranched alkanes of at least 4 members (excludes halogenated alkanes) is 1. The topological polar surface area (TPSA) is 84.6 Å². The fourth-order valence-electron chi connectivity index (χ4n) is 5.05. The molecule has 0 bridgehead atoms. The van der Waals surface area contributed by atoms with E-state index in [1.807, 2.05) is 17.9 Å². The van der Waals surface area contributed by atoms with Crippen molar-refractivity contribution in [3.05, 3.63) is 57.9 Å². The van der Waals surface area contributed by atoms with Gasteiger partial charge in [-0.1, -0.05) is 32.6 Å². The molecule has 2 aromatic rings. The molecule has 0 unspecified atom stereocenters. The van der Waals surface area contributed by atoms with Crippen LogP contribution >= 0.6 is 0 Å². The van der Waals surface area contributed by atoms with E-state index in [0.29, 0.717) is 43.8 Å². The molecule has 2 atom stereocenters. The Hall–Kier alpha value is -2.83. The normalized spacial score (nSPS) is 20.6. The molecule has 1 saturated carbocycles. The molecule has 1 saturated heterocycles. The van der Waals surface area contributed by atoms with Gasteiger partial charge < -0.3 is 19.2 Å². The number of hydrogen-bond donors (Lipinski definition) is 1. The molecule has 2 aromatic heterocycles. The Morgan fingerprint density at radius 2 is 1.91 bits per heavy atom. The highest BCUT2D eigenvalue weighted by molar-refractivity contribution is 5.99. The Kier molecular flexibility index (Phi) is 7.12. The van der Waals surface area contributed by atoms with Crippen LogP contribution in [0.4, 0.5) is 0 Å². The van der Waals surface area contributed by atoms with Crippen molar-refractivity contribution >= 4 is 11.8 Å². The maximum atomic E-state index is 13.4. The smallest absolute Gasteiger partial charge is 0.259 e. The molecule has 1 aliphatic carbocycles. The number of carbonyl (C=O) groups is 2. The molecule has 32 heavy (non-hydrogen) atoms. The zero-order chi connectivity index (χ0) is 22.5. The average Bonchev–Trinajstić information content (AvgIpc) is 3.32. The Labute approximate surface area is 188 Å². The SMILES string of the molecule is CCCCNC(=O)c1cn(Cc2ccco2)cc(C(=O)N2CC[C@@H]3CCCC[C@H]3C2)c1=O. The second-order valence-electron chi connectivity index (χ2n) is 9.12. The predicted molar refractivity (Wildman–Crippen MR) is 122 cm³/mol. The number of furan rings is 1. The van der Waals surface area contributed by atoms with Gasteiger partial charge in [-0.15, -0.1) is 0 Å². The molecule has 4 rings (SSSR count). The Balaban J connectivity index is 1.61. The first-order valence-corrected chi connectivity index (χ1v) is 11.9. The van der Waals surface area contributed by atoms with Gasteiger partial charge >= 0.3 is 0 Å². The standard InChI is InChI=1S/C25H33N3O4/c1-2-3-11-26-24(30)21-16-27(15-20-9-6-13-32-20)17-22(23(21)29)25(31)28-12-10-18-7-4-5-8-19(18)14-28/h6,9,13,16-19H,2-5,7-8,10-12,14-15H2,1H3,(H,26,30)/t18-,19-/m0/s1. The van der Waals surface area contributed by atoms with E-state index in [9.17, 15) is 14.4 Å². The molecule has 1 N–H and O–H groups in total. The van der Waals surface area contributed by atoms with Gasteiger partial charge in [0.15, 0.2) is 0 Å². The molecule has 2 aliphatic rings. The van der Waals surface area contributed by atoms with Crippen molar-refractivity contribution in [2.75, 3.05) is 19.6 Å². The van der Waals surface area contributed by atoms with Crippen LogP contribution < -0.4 is 10.7 Å². The summed E-state index contributed by atoms with van der Waals surface area (Å²) in [5, 5.41) is 2.81. The van der Waals surface area contributed by atoms with Gasteiger partial charge in [-0.2, -0.15) is 0 Å². The second-order valence-corrected chi connectivity index (χ2v) is 9.12. The lowest BCUT2D eigenvalue weighted by Gasteiger charge is -2.41. The van der Waals surface area contributed by atoms with E-state index in [1.165, 1.54) is 25.5 Å². The minimum absolute atomic E-state index is 0.00561. The molecule has 0 aromatic carbocycles. The molecule has 0 radical (unpaired) electrons. The van der Waals surface area contributed by atoms with Crippen molar-refractivity contribution in [2.24, 2.45) is 11.8 Å². The number of likely N-dealkylation sites (tertiary alicyclic amines) is 1. The maximum absolute atomic E-state index is 13.4. The maximum Gasteiger partial charge on any atom is 0.259 e. The zero-order valence-corrected chi connectivity index (χ0v) is 18.8. The molecule has 2 amide bonds. The quantitative estimate of drug-likeness (QED) is 0.667. The lowest BCUT2D eigenvalue weighted by molar-refractivity contribution is 0.0519. The minimum Gasteiger partial charge on any atom is -0.467 e. The molecule has 7 heteroatoms. The fraction of sp³-hybridized carbons (Fsp3) is 0.560. The monoisotopic (exact) mass is 439 g/mol. The summed E-state index contributed by atoms with van der Waals surface area (Å²) in [6.45, 7) is 4.25. The van der Waals surface area contributed by atoms with Crippen LogP contribution in [0.2, 0.25) is 0 Å². The summed E-state index contributed by atoms with van der Waals surface area (Å²) in [6, 6.07) is 3.62. The summed E-state index contributed by atoms with van der Waals surface area (Å²) in [7, 11) is 0. The van der Waals surface area contributed by atoms with Gasteiger partial charge in [0, 0.05) is 32.0 Å². The summed E-state index contributed by atoms with van der Waals surface area (Å²) in [6.07, 6.45) is 12.3. The van der Waals surface area contributed by atoms with Crippen LogP contribution in [-0.4, -0.2) is 40.9 Å². The number of pyridine rings is 1. The number of nitrogens with one attached hydrogen (secondary N) is 1. The van der Waals surface area contributed by atoms with Gasteiger partial charge in [-0.25, -0.2) is 0 Å². The molecular formula is C25H33N3O4. The number of hydrogen-bond acceptors (Lipinski definition) is 4. The summed E-state index contributed by atoms with van der Waals surface area (Å²) in [5.41, 5.74) is -0.425. The number of piperidine rings is 1. The fourth-order valence-corrected chi connectivity index (χ4v) is 5.05. The molecule has 3 heterocycles. The molecule has 1 aliphatic heterocycles. The first-order valence-electron chi connectivity index (χ1n) is 11.9. The summed E-state index contributed by atoms with van der Waals surface area (Å²) in [5.74, 6) is 1.20. The minimum atomic E-state index is -0.495. The van der Waals surface area contributed by atoms with Gasteiger partial charge in [0.25, 0.3) is 11.8 Å². The largest absolute Gasteiger partial charge is 0.467 e. The van der Waals surface area contributed by atoms with E-state index in [2.05, 4.69) is 5.32 Å². The van der Waals surface area contributed by atoms with Crippen molar-refractivity contribution in [3.8, 4) is 0 Å². The lowest BCUT2D eigenvalue weighted by Crippen LogP contribution is -2.46.